The van der Waals surface area contributed by atoms with Gasteiger partial charge in [0.2, 0.25) is 10.0 Å². The van der Waals surface area contributed by atoms with Crippen molar-refractivity contribution < 1.29 is 27.4 Å². The number of thiophene rings is 1. The van der Waals surface area contributed by atoms with Crippen LogP contribution in [0, 0.1) is 0 Å². The predicted molar refractivity (Wildman–Crippen MR) is 111 cm³/mol. The molecule has 0 saturated heterocycles. The van der Waals surface area contributed by atoms with Gasteiger partial charge in [0.25, 0.3) is 0 Å². The van der Waals surface area contributed by atoms with Crippen molar-refractivity contribution in [1.29, 1.82) is 0 Å². The molecule has 0 aliphatic carbocycles. The van der Waals surface area contributed by atoms with E-state index in [-0.39, 0.29) is 22.4 Å². The van der Waals surface area contributed by atoms with E-state index in [4.69, 9.17) is 9.47 Å². The quantitative estimate of drug-likeness (QED) is 0.510. The largest absolute Gasteiger partial charge is 0.493 e. The Hall–Kier alpha value is -2.36. The summed E-state index contributed by atoms with van der Waals surface area (Å²) in [6.07, 6.45) is 3.36. The van der Waals surface area contributed by atoms with Crippen molar-refractivity contribution in [3.63, 3.8) is 0 Å². The van der Waals surface area contributed by atoms with Crippen molar-refractivity contribution in [2.24, 2.45) is 0 Å². The first-order valence-corrected chi connectivity index (χ1v) is 11.3. The third-order valence-electron chi connectivity index (χ3n) is 4.89. The highest BCUT2D eigenvalue weighted by Crippen LogP contribution is 2.41. The van der Waals surface area contributed by atoms with Gasteiger partial charge in [-0.25, -0.2) is 13.2 Å². The summed E-state index contributed by atoms with van der Waals surface area (Å²) >= 11 is 1.65. The topological polar surface area (TPSA) is 82.1 Å². The Balaban J connectivity index is 2.10. The van der Waals surface area contributed by atoms with Crippen LogP contribution in [0.25, 0.3) is 6.08 Å². The lowest BCUT2D eigenvalue weighted by atomic mass is 10.0. The molecule has 1 atom stereocenters. The zero-order chi connectivity index (χ0) is 21.2. The van der Waals surface area contributed by atoms with E-state index in [2.05, 4.69) is 4.74 Å². The maximum absolute atomic E-state index is 13.6. The Morgan fingerprint density at radius 2 is 2.00 bits per heavy atom. The normalized spacial score (nSPS) is 17.2. The number of carbonyl (C=O) groups is 1. The van der Waals surface area contributed by atoms with Gasteiger partial charge in [0, 0.05) is 23.5 Å². The van der Waals surface area contributed by atoms with Gasteiger partial charge in [-0.05, 0) is 54.1 Å². The van der Waals surface area contributed by atoms with Gasteiger partial charge in [-0.15, -0.1) is 11.3 Å². The summed E-state index contributed by atoms with van der Waals surface area (Å²) < 4.78 is 44.0. The van der Waals surface area contributed by atoms with Crippen molar-refractivity contribution in [2.75, 3.05) is 27.9 Å². The number of nitrogens with zero attached hydrogens (tertiary/aromatic N) is 1. The number of sulfonamides is 1. The smallest absolute Gasteiger partial charge is 0.330 e. The highest BCUT2D eigenvalue weighted by molar-refractivity contribution is 7.89. The van der Waals surface area contributed by atoms with E-state index < -0.39 is 16.0 Å². The Morgan fingerprint density at radius 3 is 2.66 bits per heavy atom. The molecule has 1 aromatic heterocycles. The summed E-state index contributed by atoms with van der Waals surface area (Å²) in [7, 11) is 0.215. The number of fused-ring (bicyclic) bond motifs is 1. The van der Waals surface area contributed by atoms with Crippen LogP contribution in [0.4, 0.5) is 0 Å². The molecule has 0 spiro atoms. The number of benzene rings is 1. The average molecular weight is 438 g/mol. The van der Waals surface area contributed by atoms with Crippen LogP contribution in [0.5, 0.6) is 11.5 Å². The van der Waals surface area contributed by atoms with E-state index in [0.29, 0.717) is 18.5 Å². The maximum atomic E-state index is 13.6. The standard InChI is InChI=1S/C20H23NO6S2/c1-13-15-8-10-28-17(15)7-9-21(13)29(23,24)18-12-14(5-6-19(22)26-3)11-16(25-2)20(18)27-4/h5-6,8,10-13H,7,9H2,1-4H3/b6-5+. The number of rotatable bonds is 6. The first kappa shape index (κ1) is 21.4. The van der Waals surface area contributed by atoms with Crippen LogP contribution in [0.15, 0.2) is 34.6 Å². The summed E-state index contributed by atoms with van der Waals surface area (Å²) in [5, 5.41) is 1.99. The molecule has 29 heavy (non-hydrogen) atoms. The number of ether oxygens (including phenoxy) is 3. The molecule has 1 aromatic carbocycles. The highest BCUT2D eigenvalue weighted by atomic mass is 32.2. The molecule has 0 amide bonds. The van der Waals surface area contributed by atoms with Gasteiger partial charge < -0.3 is 14.2 Å². The fourth-order valence-electron chi connectivity index (χ4n) is 3.41. The van der Waals surface area contributed by atoms with E-state index in [0.717, 1.165) is 5.56 Å². The van der Waals surface area contributed by atoms with Crippen LogP contribution in [-0.4, -0.2) is 46.6 Å². The minimum absolute atomic E-state index is 0.00519. The zero-order valence-corrected chi connectivity index (χ0v) is 18.3. The molecule has 2 aromatic rings. The molecule has 2 heterocycles. The summed E-state index contributed by atoms with van der Waals surface area (Å²) in [4.78, 5) is 12.6. The predicted octanol–water partition coefficient (Wildman–Crippen LogP) is 3.26. The van der Waals surface area contributed by atoms with Gasteiger partial charge in [0.15, 0.2) is 11.5 Å². The van der Waals surface area contributed by atoms with Gasteiger partial charge in [0.1, 0.15) is 4.90 Å². The van der Waals surface area contributed by atoms with Gasteiger partial charge >= 0.3 is 5.97 Å². The lowest BCUT2D eigenvalue weighted by molar-refractivity contribution is -0.134. The highest BCUT2D eigenvalue weighted by Gasteiger charge is 2.37. The molecule has 1 aliphatic rings. The number of hydrogen-bond donors (Lipinski definition) is 0. The van der Waals surface area contributed by atoms with E-state index >= 15 is 0 Å². The van der Waals surface area contributed by atoms with Gasteiger partial charge in [-0.2, -0.15) is 4.31 Å². The van der Waals surface area contributed by atoms with Gasteiger partial charge in [-0.3, -0.25) is 0 Å². The van der Waals surface area contributed by atoms with Crippen molar-refractivity contribution in [1.82, 2.24) is 4.31 Å². The second-order valence-corrected chi connectivity index (χ2v) is 9.31. The Labute approximate surface area is 174 Å². The van der Waals surface area contributed by atoms with E-state index in [1.807, 2.05) is 18.4 Å². The number of hydrogen-bond acceptors (Lipinski definition) is 7. The number of esters is 1. The third-order valence-corrected chi connectivity index (χ3v) is 7.86. The average Bonchev–Trinajstić information content (AvgIpc) is 3.20. The summed E-state index contributed by atoms with van der Waals surface area (Å²) in [5.74, 6) is -0.149. The first-order valence-electron chi connectivity index (χ1n) is 8.93. The van der Waals surface area contributed by atoms with Crippen LogP contribution in [0.1, 0.15) is 29.0 Å². The molecular weight excluding hydrogens is 414 g/mol. The minimum Gasteiger partial charge on any atom is -0.493 e. The molecule has 0 saturated carbocycles. The van der Waals surface area contributed by atoms with Crippen LogP contribution in [-0.2, 0) is 26.0 Å². The monoisotopic (exact) mass is 437 g/mol. The molecule has 0 fully saturated rings. The number of carbonyl (C=O) groups excluding carboxylic acids is 1. The van der Waals surface area contributed by atoms with Crippen LogP contribution >= 0.6 is 11.3 Å². The van der Waals surface area contributed by atoms with Crippen LogP contribution in [0.3, 0.4) is 0 Å². The fourth-order valence-corrected chi connectivity index (χ4v) is 6.19. The van der Waals surface area contributed by atoms with Crippen molar-refractivity contribution >= 4 is 33.4 Å². The summed E-state index contributed by atoms with van der Waals surface area (Å²) in [5.41, 5.74) is 1.50. The van der Waals surface area contributed by atoms with Gasteiger partial charge in [-0.1, -0.05) is 0 Å². The third kappa shape index (κ3) is 4.03. The first-order chi connectivity index (χ1) is 13.8. The van der Waals surface area contributed by atoms with E-state index in [1.54, 1.807) is 17.4 Å². The lowest BCUT2D eigenvalue weighted by Gasteiger charge is -2.33. The molecule has 0 N–H and O–H groups in total. The second-order valence-electron chi connectivity index (χ2n) is 6.45. The molecular formula is C20H23NO6S2. The molecule has 1 aliphatic heterocycles. The van der Waals surface area contributed by atoms with Crippen molar-refractivity contribution in [3.8, 4) is 11.5 Å². The molecule has 3 rings (SSSR count). The lowest BCUT2D eigenvalue weighted by Crippen LogP contribution is -2.38. The van der Waals surface area contributed by atoms with Crippen LogP contribution in [0.2, 0.25) is 0 Å². The van der Waals surface area contributed by atoms with E-state index in [9.17, 15) is 13.2 Å². The Morgan fingerprint density at radius 1 is 1.24 bits per heavy atom. The second kappa shape index (κ2) is 8.56. The summed E-state index contributed by atoms with van der Waals surface area (Å²) in [6, 6.07) is 4.76. The molecule has 1 unspecified atom stereocenters. The van der Waals surface area contributed by atoms with E-state index in [1.165, 1.54) is 48.7 Å². The molecule has 0 bridgehead atoms. The Kier molecular flexibility index (Phi) is 6.30. The SMILES string of the molecule is COC(=O)/C=C/c1cc(OC)c(OC)c(S(=O)(=O)N2CCc3sccc3C2C)c1. The molecule has 9 heteroatoms. The maximum Gasteiger partial charge on any atom is 0.330 e. The van der Waals surface area contributed by atoms with Crippen LogP contribution < -0.4 is 9.47 Å². The fraction of sp³-hybridized carbons (Fsp3) is 0.350. The number of methoxy groups -OCH3 is 3. The molecule has 7 nitrogen and oxygen atoms in total. The Bertz CT molecular complexity index is 1040. The molecule has 0 radical (unpaired) electrons. The summed E-state index contributed by atoms with van der Waals surface area (Å²) in [6.45, 7) is 2.26. The zero-order valence-electron chi connectivity index (χ0n) is 16.7. The molecule has 156 valence electrons. The van der Waals surface area contributed by atoms with Crippen molar-refractivity contribution in [3.05, 3.63) is 45.7 Å². The minimum atomic E-state index is -3.89. The van der Waals surface area contributed by atoms with Crippen molar-refractivity contribution in [2.45, 2.75) is 24.3 Å². The van der Waals surface area contributed by atoms with Gasteiger partial charge in [0.05, 0.1) is 21.3 Å².